The lowest BCUT2D eigenvalue weighted by Gasteiger charge is -2.34. The van der Waals surface area contributed by atoms with Crippen molar-refractivity contribution in [3.63, 3.8) is 0 Å². The van der Waals surface area contributed by atoms with Crippen LogP contribution >= 0.6 is 0 Å². The predicted octanol–water partition coefficient (Wildman–Crippen LogP) is 2.89. The molecule has 0 amide bonds. The van der Waals surface area contributed by atoms with Crippen LogP contribution in [0.15, 0.2) is 0 Å². The van der Waals surface area contributed by atoms with Crippen LogP contribution in [0.1, 0.15) is 41.5 Å². The average Bonchev–Trinajstić information content (AvgIpc) is 1.85. The highest BCUT2D eigenvalue weighted by Gasteiger charge is 2.31. The van der Waals surface area contributed by atoms with Gasteiger partial charge < -0.3 is 0 Å². The Morgan fingerprint density at radius 3 is 1.64 bits per heavy atom. The van der Waals surface area contributed by atoms with E-state index in [2.05, 4.69) is 27.7 Å². The van der Waals surface area contributed by atoms with Crippen LogP contribution in [0.3, 0.4) is 0 Å². The van der Waals surface area contributed by atoms with Crippen molar-refractivity contribution in [1.29, 1.82) is 0 Å². The monoisotopic (exact) mass is 156 g/mol. The normalized spacial score (nSPS) is 15.2. The van der Waals surface area contributed by atoms with E-state index in [9.17, 15) is 4.79 Å². The summed E-state index contributed by atoms with van der Waals surface area (Å²) in [6.45, 7) is 12.3. The molecule has 1 atom stereocenters. The van der Waals surface area contributed by atoms with Crippen LogP contribution in [0.5, 0.6) is 0 Å². The summed E-state index contributed by atoms with van der Waals surface area (Å²) in [4.78, 5) is 11.1. The molecule has 0 fully saturated rings. The van der Waals surface area contributed by atoms with Crippen LogP contribution in [-0.4, -0.2) is 5.78 Å². The minimum atomic E-state index is 0.131. The van der Waals surface area contributed by atoms with E-state index in [4.69, 9.17) is 0 Å². The van der Waals surface area contributed by atoms with Crippen LogP contribution in [0.2, 0.25) is 0 Å². The Bertz CT molecular complexity index is 145. The van der Waals surface area contributed by atoms with Gasteiger partial charge in [0.2, 0.25) is 0 Å². The molecule has 0 aromatic carbocycles. The molecule has 11 heavy (non-hydrogen) atoms. The van der Waals surface area contributed by atoms with E-state index in [1.807, 2.05) is 6.92 Å². The van der Waals surface area contributed by atoms with Gasteiger partial charge in [-0.15, -0.1) is 0 Å². The summed E-state index contributed by atoms with van der Waals surface area (Å²) in [5.41, 5.74) is 0.131. The van der Waals surface area contributed by atoms with Gasteiger partial charge in [0, 0.05) is 5.92 Å². The summed E-state index contributed by atoms with van der Waals surface area (Å²) in [5, 5.41) is 0. The highest BCUT2D eigenvalue weighted by Crippen LogP contribution is 2.34. The molecule has 1 heteroatoms. The molecule has 0 spiro atoms. The van der Waals surface area contributed by atoms with Crippen molar-refractivity contribution in [1.82, 2.24) is 0 Å². The number of carbonyl (C=O) groups excluding carboxylic acids is 1. The molecule has 1 nitrogen and oxygen atoms in total. The second-order valence-corrected chi connectivity index (χ2v) is 4.31. The van der Waals surface area contributed by atoms with Gasteiger partial charge in [-0.2, -0.15) is 0 Å². The van der Waals surface area contributed by atoms with E-state index in [1.165, 1.54) is 0 Å². The molecule has 0 radical (unpaired) electrons. The fourth-order valence-corrected chi connectivity index (χ4v) is 1.02. The van der Waals surface area contributed by atoms with Crippen LogP contribution in [0.25, 0.3) is 0 Å². The fourth-order valence-electron chi connectivity index (χ4n) is 1.02. The molecule has 0 rings (SSSR count). The molecule has 0 bridgehead atoms. The van der Waals surface area contributed by atoms with Crippen LogP contribution < -0.4 is 0 Å². The summed E-state index contributed by atoms with van der Waals surface area (Å²) in [6, 6.07) is 0. The molecule has 0 aromatic heterocycles. The van der Waals surface area contributed by atoms with Gasteiger partial charge >= 0.3 is 0 Å². The van der Waals surface area contributed by atoms with Crippen LogP contribution in [0.4, 0.5) is 0 Å². The fraction of sp³-hybridized carbons (Fsp3) is 0.900. The molecule has 0 aliphatic heterocycles. The Morgan fingerprint density at radius 1 is 1.18 bits per heavy atom. The van der Waals surface area contributed by atoms with Crippen molar-refractivity contribution >= 4 is 5.78 Å². The zero-order valence-electron chi connectivity index (χ0n) is 8.56. The van der Waals surface area contributed by atoms with E-state index in [-0.39, 0.29) is 11.3 Å². The van der Waals surface area contributed by atoms with Crippen molar-refractivity contribution in [2.75, 3.05) is 0 Å². The first-order chi connectivity index (χ1) is 4.80. The third-order valence-electron chi connectivity index (χ3n) is 3.21. The van der Waals surface area contributed by atoms with Gasteiger partial charge in [-0.3, -0.25) is 4.79 Å². The highest BCUT2D eigenvalue weighted by molar-refractivity contribution is 5.78. The van der Waals surface area contributed by atoms with E-state index in [1.54, 1.807) is 6.92 Å². The van der Waals surface area contributed by atoms with Gasteiger partial charge in [-0.05, 0) is 18.3 Å². The van der Waals surface area contributed by atoms with E-state index in [0.29, 0.717) is 11.7 Å². The van der Waals surface area contributed by atoms with Gasteiger partial charge in [0.1, 0.15) is 5.78 Å². The summed E-state index contributed by atoms with van der Waals surface area (Å²) in [7, 11) is 0. The molecule has 66 valence electrons. The van der Waals surface area contributed by atoms with Crippen molar-refractivity contribution in [3.8, 4) is 0 Å². The van der Waals surface area contributed by atoms with E-state index < -0.39 is 0 Å². The molecule has 1 unspecified atom stereocenters. The highest BCUT2D eigenvalue weighted by atomic mass is 16.1. The van der Waals surface area contributed by atoms with E-state index in [0.717, 1.165) is 0 Å². The van der Waals surface area contributed by atoms with Crippen LogP contribution in [-0.2, 0) is 4.79 Å². The molecule has 0 aromatic rings. The predicted molar refractivity (Wildman–Crippen MR) is 48.5 cm³/mol. The van der Waals surface area contributed by atoms with Crippen molar-refractivity contribution in [2.45, 2.75) is 41.5 Å². The molecule has 0 saturated carbocycles. The first-order valence-electron chi connectivity index (χ1n) is 4.30. The van der Waals surface area contributed by atoms with E-state index >= 15 is 0 Å². The first-order valence-corrected chi connectivity index (χ1v) is 4.30. The molecule has 0 aliphatic carbocycles. The molecule has 0 aliphatic rings. The lowest BCUT2D eigenvalue weighted by atomic mass is 9.70. The second-order valence-electron chi connectivity index (χ2n) is 4.31. The van der Waals surface area contributed by atoms with Crippen molar-refractivity contribution in [3.05, 3.63) is 0 Å². The third kappa shape index (κ3) is 2.32. The maximum Gasteiger partial charge on any atom is 0.133 e. The van der Waals surface area contributed by atoms with Gasteiger partial charge in [-0.25, -0.2) is 0 Å². The van der Waals surface area contributed by atoms with Crippen molar-refractivity contribution in [2.24, 2.45) is 17.3 Å². The minimum absolute atomic E-state index is 0.131. The lowest BCUT2D eigenvalue weighted by molar-refractivity contribution is -0.124. The smallest absolute Gasteiger partial charge is 0.133 e. The Balaban J connectivity index is 4.41. The molecular formula is C10H20O. The quantitative estimate of drug-likeness (QED) is 0.614. The number of rotatable bonds is 3. The third-order valence-corrected chi connectivity index (χ3v) is 3.21. The number of hydrogen-bond acceptors (Lipinski definition) is 1. The second kappa shape index (κ2) is 3.38. The summed E-state index contributed by atoms with van der Waals surface area (Å²) < 4.78 is 0. The van der Waals surface area contributed by atoms with Gasteiger partial charge in [-0.1, -0.05) is 34.6 Å². The van der Waals surface area contributed by atoms with Crippen molar-refractivity contribution < 1.29 is 4.79 Å². The van der Waals surface area contributed by atoms with Crippen LogP contribution in [0, 0.1) is 17.3 Å². The van der Waals surface area contributed by atoms with Gasteiger partial charge in [0.15, 0.2) is 0 Å². The maximum absolute atomic E-state index is 11.1. The zero-order chi connectivity index (χ0) is 9.23. The average molecular weight is 156 g/mol. The Hall–Kier alpha value is -0.330. The lowest BCUT2D eigenvalue weighted by Crippen LogP contribution is -2.31. The molecular weight excluding hydrogens is 136 g/mol. The largest absolute Gasteiger partial charge is 0.300 e. The van der Waals surface area contributed by atoms with Gasteiger partial charge in [0.05, 0.1) is 0 Å². The summed E-state index contributed by atoms with van der Waals surface area (Å²) in [6.07, 6.45) is 0. The standard InChI is InChI=1S/C10H20O/c1-7(2)10(5,6)8(3)9(4)11/h7-8H,1-6H3. The van der Waals surface area contributed by atoms with Gasteiger partial charge in [0.25, 0.3) is 0 Å². The minimum Gasteiger partial charge on any atom is -0.300 e. The SMILES string of the molecule is CC(=O)C(C)C(C)(C)C(C)C. The molecule has 0 saturated heterocycles. The maximum atomic E-state index is 11.1. The Kier molecular flexibility index (Phi) is 3.28. The Morgan fingerprint density at radius 2 is 1.55 bits per heavy atom. The zero-order valence-corrected chi connectivity index (χ0v) is 8.56. The topological polar surface area (TPSA) is 17.1 Å². The molecule has 0 heterocycles. The number of hydrogen-bond donors (Lipinski definition) is 0. The first kappa shape index (κ1) is 10.7. The molecule has 0 N–H and O–H groups in total. The number of Topliss-reactive ketones (excluding diaryl/α,β-unsaturated/α-hetero) is 1. The summed E-state index contributed by atoms with van der Waals surface area (Å²) in [5.74, 6) is 1.02. The number of ketones is 1. The number of carbonyl (C=O) groups is 1. The Labute approximate surface area is 70.2 Å². The summed E-state index contributed by atoms with van der Waals surface area (Å²) >= 11 is 0.